The zero-order valence-corrected chi connectivity index (χ0v) is 17.3. The number of rotatable bonds is 7. The Morgan fingerprint density at radius 3 is 2.52 bits per heavy atom. The van der Waals surface area contributed by atoms with E-state index >= 15 is 0 Å². The minimum atomic E-state index is -3.84. The number of hydrogen-bond acceptors (Lipinski definition) is 6. The van der Waals surface area contributed by atoms with Crippen LogP contribution in [0.25, 0.3) is 0 Å². The highest BCUT2D eigenvalue weighted by atomic mass is 32.2. The molecule has 1 amide bonds. The molecule has 3 rings (SSSR count). The smallest absolute Gasteiger partial charge is 0.255 e. The molecule has 0 aromatic heterocycles. The topological polar surface area (TPSA) is 103 Å². The quantitative estimate of drug-likeness (QED) is 0.714. The maximum atomic E-state index is 12.7. The van der Waals surface area contributed by atoms with Crippen molar-refractivity contribution in [2.45, 2.75) is 31.7 Å². The molecule has 2 N–H and O–H groups in total. The number of carbonyl (C=O) groups is 1. The number of amides is 1. The minimum Gasteiger partial charge on any atom is -0.492 e. The second-order valence-electron chi connectivity index (χ2n) is 6.68. The van der Waals surface area contributed by atoms with Crippen LogP contribution in [0.5, 0.6) is 17.2 Å². The highest BCUT2D eigenvalue weighted by molar-refractivity contribution is 7.89. The van der Waals surface area contributed by atoms with Crippen molar-refractivity contribution in [2.24, 2.45) is 0 Å². The van der Waals surface area contributed by atoms with Crippen LogP contribution in [0, 0.1) is 0 Å². The SMILES string of the molecule is CCOc1ccc(C(=O)Nc2ccc3c(c2)OCCO3)cc1S(=O)(=O)NC(C)C. The van der Waals surface area contributed by atoms with E-state index in [0.717, 1.165) is 0 Å². The first-order valence-electron chi connectivity index (χ1n) is 9.30. The van der Waals surface area contributed by atoms with E-state index in [1.807, 2.05) is 0 Å². The third kappa shape index (κ3) is 4.99. The Morgan fingerprint density at radius 1 is 1.10 bits per heavy atom. The van der Waals surface area contributed by atoms with Gasteiger partial charge < -0.3 is 19.5 Å². The number of hydrogen-bond donors (Lipinski definition) is 2. The molecule has 2 aromatic rings. The Kier molecular flexibility index (Phi) is 6.29. The zero-order chi connectivity index (χ0) is 21.0. The molecule has 0 saturated carbocycles. The van der Waals surface area contributed by atoms with E-state index in [9.17, 15) is 13.2 Å². The van der Waals surface area contributed by atoms with Gasteiger partial charge in [-0.1, -0.05) is 0 Å². The van der Waals surface area contributed by atoms with Gasteiger partial charge in [0.25, 0.3) is 5.91 Å². The molecule has 0 spiro atoms. The zero-order valence-electron chi connectivity index (χ0n) is 16.5. The van der Waals surface area contributed by atoms with Gasteiger partial charge in [0.2, 0.25) is 10.0 Å². The summed E-state index contributed by atoms with van der Waals surface area (Å²) in [5.74, 6) is 0.899. The van der Waals surface area contributed by atoms with Crippen molar-refractivity contribution in [3.8, 4) is 17.2 Å². The average Bonchev–Trinajstić information content (AvgIpc) is 2.67. The Labute approximate surface area is 170 Å². The van der Waals surface area contributed by atoms with E-state index in [-0.39, 0.29) is 22.3 Å². The number of nitrogens with one attached hydrogen (secondary N) is 2. The summed E-state index contributed by atoms with van der Waals surface area (Å²) in [4.78, 5) is 12.6. The first-order valence-corrected chi connectivity index (χ1v) is 10.8. The lowest BCUT2D eigenvalue weighted by Crippen LogP contribution is -2.30. The lowest BCUT2D eigenvalue weighted by atomic mass is 10.2. The largest absolute Gasteiger partial charge is 0.492 e. The predicted octanol–water partition coefficient (Wildman–Crippen LogP) is 2.80. The monoisotopic (exact) mass is 420 g/mol. The first kappa shape index (κ1) is 20.9. The molecule has 156 valence electrons. The van der Waals surface area contributed by atoms with Gasteiger partial charge in [0.05, 0.1) is 6.61 Å². The van der Waals surface area contributed by atoms with E-state index in [1.165, 1.54) is 18.2 Å². The van der Waals surface area contributed by atoms with Gasteiger partial charge >= 0.3 is 0 Å². The summed E-state index contributed by atoms with van der Waals surface area (Å²) >= 11 is 0. The van der Waals surface area contributed by atoms with Crippen LogP contribution in [-0.2, 0) is 10.0 Å². The summed E-state index contributed by atoms with van der Waals surface area (Å²) in [7, 11) is -3.84. The number of sulfonamides is 1. The third-order valence-electron chi connectivity index (χ3n) is 3.99. The van der Waals surface area contributed by atoms with Crippen LogP contribution in [0.1, 0.15) is 31.1 Å². The van der Waals surface area contributed by atoms with E-state index in [0.29, 0.717) is 37.0 Å². The molecule has 1 aliphatic rings. The normalized spacial score (nSPS) is 13.2. The van der Waals surface area contributed by atoms with Gasteiger partial charge in [-0.2, -0.15) is 0 Å². The average molecular weight is 420 g/mol. The fourth-order valence-corrected chi connectivity index (χ4v) is 4.25. The fourth-order valence-electron chi connectivity index (χ4n) is 2.83. The van der Waals surface area contributed by atoms with Crippen LogP contribution in [0.3, 0.4) is 0 Å². The molecule has 0 unspecified atom stereocenters. The summed E-state index contributed by atoms with van der Waals surface area (Å²) in [6, 6.07) is 9.08. The molecule has 0 bridgehead atoms. The van der Waals surface area contributed by atoms with E-state index < -0.39 is 15.9 Å². The molecule has 0 fully saturated rings. The van der Waals surface area contributed by atoms with Crippen LogP contribution in [0.2, 0.25) is 0 Å². The molecule has 0 saturated heterocycles. The van der Waals surface area contributed by atoms with Gasteiger partial charge in [0, 0.05) is 23.4 Å². The molecular weight excluding hydrogens is 396 g/mol. The number of ether oxygens (including phenoxy) is 3. The maximum absolute atomic E-state index is 12.7. The maximum Gasteiger partial charge on any atom is 0.255 e. The van der Waals surface area contributed by atoms with Crippen LogP contribution >= 0.6 is 0 Å². The van der Waals surface area contributed by atoms with Crippen molar-refractivity contribution in [1.82, 2.24) is 4.72 Å². The van der Waals surface area contributed by atoms with Crippen molar-refractivity contribution < 1.29 is 27.4 Å². The molecule has 0 atom stereocenters. The van der Waals surface area contributed by atoms with Crippen molar-refractivity contribution in [2.75, 3.05) is 25.1 Å². The van der Waals surface area contributed by atoms with E-state index in [4.69, 9.17) is 14.2 Å². The molecule has 1 heterocycles. The Bertz CT molecular complexity index is 1000. The van der Waals surface area contributed by atoms with Gasteiger partial charge in [0.1, 0.15) is 23.9 Å². The van der Waals surface area contributed by atoms with Crippen LogP contribution in [0.4, 0.5) is 5.69 Å². The highest BCUT2D eigenvalue weighted by Gasteiger charge is 2.23. The first-order chi connectivity index (χ1) is 13.8. The van der Waals surface area contributed by atoms with Gasteiger partial charge in [-0.25, -0.2) is 13.1 Å². The number of anilines is 1. The summed E-state index contributed by atoms with van der Waals surface area (Å²) in [5, 5.41) is 2.75. The summed E-state index contributed by atoms with van der Waals surface area (Å²) in [6.45, 7) is 6.41. The number of benzene rings is 2. The lowest BCUT2D eigenvalue weighted by molar-refractivity contribution is 0.102. The standard InChI is InChI=1S/C20H24N2O6S/c1-4-26-17-7-5-14(11-19(17)29(24,25)22-13(2)3)20(23)21-15-6-8-16-18(12-15)28-10-9-27-16/h5-8,11-13,22H,4,9-10H2,1-3H3,(H,21,23). The summed E-state index contributed by atoms with van der Waals surface area (Å²) in [5.41, 5.74) is 0.699. The second-order valence-corrected chi connectivity index (χ2v) is 8.37. The Balaban J connectivity index is 1.88. The van der Waals surface area contributed by atoms with Gasteiger partial charge in [-0.15, -0.1) is 0 Å². The van der Waals surface area contributed by atoms with Crippen molar-refractivity contribution in [3.05, 3.63) is 42.0 Å². The Morgan fingerprint density at radius 2 is 1.83 bits per heavy atom. The minimum absolute atomic E-state index is 0.0807. The van der Waals surface area contributed by atoms with Crippen LogP contribution < -0.4 is 24.2 Å². The number of fused-ring (bicyclic) bond motifs is 1. The van der Waals surface area contributed by atoms with Crippen LogP contribution in [-0.4, -0.2) is 40.2 Å². The third-order valence-corrected chi connectivity index (χ3v) is 5.67. The molecule has 2 aromatic carbocycles. The van der Waals surface area contributed by atoms with Gasteiger partial charge in [-0.05, 0) is 51.1 Å². The second kappa shape index (κ2) is 8.71. The molecule has 0 radical (unpaired) electrons. The fraction of sp³-hybridized carbons (Fsp3) is 0.350. The lowest BCUT2D eigenvalue weighted by Gasteiger charge is -2.19. The highest BCUT2D eigenvalue weighted by Crippen LogP contribution is 2.33. The molecule has 8 nitrogen and oxygen atoms in total. The predicted molar refractivity (Wildman–Crippen MR) is 108 cm³/mol. The van der Waals surface area contributed by atoms with E-state index in [1.54, 1.807) is 39.0 Å². The molecule has 29 heavy (non-hydrogen) atoms. The molecule has 1 aliphatic heterocycles. The molecule has 0 aliphatic carbocycles. The Hall–Kier alpha value is -2.78. The van der Waals surface area contributed by atoms with Crippen molar-refractivity contribution in [1.29, 1.82) is 0 Å². The molecule has 9 heteroatoms. The number of carbonyl (C=O) groups excluding carboxylic acids is 1. The van der Waals surface area contributed by atoms with Gasteiger partial charge in [0.15, 0.2) is 11.5 Å². The van der Waals surface area contributed by atoms with Crippen molar-refractivity contribution >= 4 is 21.6 Å². The van der Waals surface area contributed by atoms with Crippen LogP contribution in [0.15, 0.2) is 41.3 Å². The van der Waals surface area contributed by atoms with E-state index in [2.05, 4.69) is 10.0 Å². The summed E-state index contributed by atoms with van der Waals surface area (Å²) < 4.78 is 44.3. The molecular formula is C20H24N2O6S. The van der Waals surface area contributed by atoms with Crippen molar-refractivity contribution in [3.63, 3.8) is 0 Å². The van der Waals surface area contributed by atoms with Gasteiger partial charge in [-0.3, -0.25) is 4.79 Å². The summed E-state index contributed by atoms with van der Waals surface area (Å²) in [6.07, 6.45) is 0.